The summed E-state index contributed by atoms with van der Waals surface area (Å²) in [6, 6.07) is 9.93. The van der Waals surface area contributed by atoms with E-state index in [4.69, 9.17) is 10.5 Å². The standard InChI is InChI=1S/C20H22N4O/c1-14-10-18(4-5-19(14)23-13-15(11-21)12-22)16-6-8-24(9-7-16)20(25)17-2-3-17/h4-5,10,13,16-17,23H,2-3,6-9H2,1H3. The lowest BCUT2D eigenvalue weighted by Gasteiger charge is -2.32. The van der Waals surface area contributed by atoms with Gasteiger partial charge in [-0.05, 0) is 55.7 Å². The molecule has 1 amide bonds. The van der Waals surface area contributed by atoms with E-state index >= 15 is 0 Å². The summed E-state index contributed by atoms with van der Waals surface area (Å²) < 4.78 is 0. The Bertz CT molecular complexity index is 756. The summed E-state index contributed by atoms with van der Waals surface area (Å²) in [6.07, 6.45) is 5.60. The van der Waals surface area contributed by atoms with Gasteiger partial charge in [0.1, 0.15) is 17.7 Å². The minimum atomic E-state index is 0.0520. The average molecular weight is 334 g/mol. The molecule has 1 aliphatic heterocycles. The van der Waals surface area contributed by atoms with Crippen molar-refractivity contribution in [3.05, 3.63) is 41.1 Å². The second kappa shape index (κ2) is 7.40. The van der Waals surface area contributed by atoms with Crippen LogP contribution in [0.15, 0.2) is 30.0 Å². The zero-order valence-electron chi connectivity index (χ0n) is 14.5. The lowest BCUT2D eigenvalue weighted by Crippen LogP contribution is -2.38. The number of anilines is 1. The first-order valence-corrected chi connectivity index (χ1v) is 8.78. The molecule has 0 atom stereocenters. The molecule has 25 heavy (non-hydrogen) atoms. The zero-order chi connectivity index (χ0) is 17.8. The number of piperidine rings is 1. The lowest BCUT2D eigenvalue weighted by molar-refractivity contribution is -0.133. The molecule has 2 fully saturated rings. The Labute approximate surface area is 148 Å². The second-order valence-electron chi connectivity index (χ2n) is 6.87. The average Bonchev–Trinajstić information content (AvgIpc) is 3.48. The van der Waals surface area contributed by atoms with Crippen LogP contribution in [-0.4, -0.2) is 23.9 Å². The van der Waals surface area contributed by atoms with Gasteiger partial charge in [-0.25, -0.2) is 0 Å². The summed E-state index contributed by atoms with van der Waals surface area (Å²) in [5, 5.41) is 20.6. The first kappa shape index (κ1) is 17.0. The highest BCUT2D eigenvalue weighted by atomic mass is 16.2. The third kappa shape index (κ3) is 4.00. The van der Waals surface area contributed by atoms with E-state index in [-0.39, 0.29) is 5.57 Å². The van der Waals surface area contributed by atoms with Crippen LogP contribution in [0.3, 0.4) is 0 Å². The van der Waals surface area contributed by atoms with Crippen molar-refractivity contribution in [1.29, 1.82) is 10.5 Å². The Morgan fingerprint density at radius 3 is 2.44 bits per heavy atom. The van der Waals surface area contributed by atoms with Crippen LogP contribution < -0.4 is 5.32 Å². The Hall–Kier alpha value is -2.79. The quantitative estimate of drug-likeness (QED) is 0.855. The molecule has 128 valence electrons. The van der Waals surface area contributed by atoms with Gasteiger partial charge in [-0.15, -0.1) is 0 Å². The van der Waals surface area contributed by atoms with Crippen LogP contribution in [-0.2, 0) is 4.79 Å². The highest BCUT2D eigenvalue weighted by molar-refractivity contribution is 5.81. The van der Waals surface area contributed by atoms with Gasteiger partial charge in [-0.1, -0.05) is 12.1 Å². The predicted octanol–water partition coefficient (Wildman–Crippen LogP) is 3.45. The van der Waals surface area contributed by atoms with Crippen LogP contribution in [0.1, 0.15) is 42.7 Å². The smallest absolute Gasteiger partial charge is 0.225 e. The summed E-state index contributed by atoms with van der Waals surface area (Å²) in [6.45, 7) is 3.73. The molecule has 0 spiro atoms. The molecular formula is C20H22N4O. The molecule has 1 heterocycles. The van der Waals surface area contributed by atoms with E-state index in [0.717, 1.165) is 50.0 Å². The van der Waals surface area contributed by atoms with Gasteiger partial charge in [-0.3, -0.25) is 4.79 Å². The SMILES string of the molecule is Cc1cc(C2CCN(C(=O)C3CC3)CC2)ccc1NC=C(C#N)C#N. The summed E-state index contributed by atoms with van der Waals surface area (Å²) in [5.41, 5.74) is 3.33. The van der Waals surface area contributed by atoms with Crippen molar-refractivity contribution in [3.63, 3.8) is 0 Å². The number of carbonyl (C=O) groups is 1. The maximum atomic E-state index is 12.1. The number of amides is 1. The van der Waals surface area contributed by atoms with Crippen LogP contribution in [0.25, 0.3) is 0 Å². The maximum absolute atomic E-state index is 12.1. The Balaban J connectivity index is 1.61. The van der Waals surface area contributed by atoms with E-state index in [2.05, 4.69) is 17.4 Å². The number of aryl methyl sites for hydroxylation is 1. The molecule has 5 heteroatoms. The monoisotopic (exact) mass is 334 g/mol. The van der Waals surface area contributed by atoms with Gasteiger partial charge in [0, 0.05) is 30.9 Å². The number of nitriles is 2. The van der Waals surface area contributed by atoms with E-state index in [1.807, 2.05) is 30.0 Å². The van der Waals surface area contributed by atoms with E-state index in [1.165, 1.54) is 11.8 Å². The van der Waals surface area contributed by atoms with Crippen molar-refractivity contribution in [1.82, 2.24) is 4.90 Å². The largest absolute Gasteiger partial charge is 0.360 e. The fraction of sp³-hybridized carbons (Fsp3) is 0.450. The molecule has 0 aromatic heterocycles. The van der Waals surface area contributed by atoms with Crippen LogP contribution in [0.5, 0.6) is 0 Å². The molecule has 0 unspecified atom stereocenters. The zero-order valence-corrected chi connectivity index (χ0v) is 14.5. The molecular weight excluding hydrogens is 312 g/mol. The van der Waals surface area contributed by atoms with Crippen LogP contribution in [0.4, 0.5) is 5.69 Å². The molecule has 1 saturated heterocycles. The van der Waals surface area contributed by atoms with Gasteiger partial charge >= 0.3 is 0 Å². The third-order valence-corrected chi connectivity index (χ3v) is 5.07. The number of hydrogen-bond donors (Lipinski definition) is 1. The summed E-state index contributed by atoms with van der Waals surface area (Å²) in [4.78, 5) is 14.2. The lowest BCUT2D eigenvalue weighted by atomic mass is 9.88. The number of likely N-dealkylation sites (tertiary alicyclic amines) is 1. The van der Waals surface area contributed by atoms with Crippen molar-refractivity contribution in [2.75, 3.05) is 18.4 Å². The summed E-state index contributed by atoms with van der Waals surface area (Å²) in [5.74, 6) is 1.15. The van der Waals surface area contributed by atoms with E-state index in [0.29, 0.717) is 17.7 Å². The molecule has 1 saturated carbocycles. The number of benzene rings is 1. The number of rotatable bonds is 4. The molecule has 1 aliphatic carbocycles. The Morgan fingerprint density at radius 2 is 1.88 bits per heavy atom. The summed E-state index contributed by atoms with van der Waals surface area (Å²) in [7, 11) is 0. The van der Waals surface area contributed by atoms with Gasteiger partial charge in [-0.2, -0.15) is 10.5 Å². The molecule has 0 radical (unpaired) electrons. The van der Waals surface area contributed by atoms with Gasteiger partial charge in [0.2, 0.25) is 5.91 Å². The van der Waals surface area contributed by atoms with Gasteiger partial charge < -0.3 is 10.2 Å². The second-order valence-corrected chi connectivity index (χ2v) is 6.87. The highest BCUT2D eigenvalue weighted by Gasteiger charge is 2.35. The molecule has 2 aliphatic rings. The van der Waals surface area contributed by atoms with Crippen LogP contribution in [0, 0.1) is 35.5 Å². The first-order chi connectivity index (χ1) is 12.1. The normalized spacial score (nSPS) is 17.3. The molecule has 3 rings (SSSR count). The van der Waals surface area contributed by atoms with E-state index in [1.54, 1.807) is 0 Å². The van der Waals surface area contributed by atoms with Crippen LogP contribution >= 0.6 is 0 Å². The minimum absolute atomic E-state index is 0.0520. The first-order valence-electron chi connectivity index (χ1n) is 8.78. The van der Waals surface area contributed by atoms with Gasteiger partial charge in [0.25, 0.3) is 0 Å². The molecule has 1 aromatic carbocycles. The predicted molar refractivity (Wildman–Crippen MR) is 95.4 cm³/mol. The Kier molecular flexibility index (Phi) is 5.05. The minimum Gasteiger partial charge on any atom is -0.360 e. The van der Waals surface area contributed by atoms with E-state index < -0.39 is 0 Å². The molecule has 1 N–H and O–H groups in total. The van der Waals surface area contributed by atoms with Crippen molar-refractivity contribution in [2.45, 2.75) is 38.5 Å². The number of nitrogens with zero attached hydrogens (tertiary/aromatic N) is 3. The number of nitrogens with one attached hydrogen (secondary N) is 1. The highest BCUT2D eigenvalue weighted by Crippen LogP contribution is 2.35. The fourth-order valence-corrected chi connectivity index (χ4v) is 3.36. The van der Waals surface area contributed by atoms with Gasteiger partial charge in [0.15, 0.2) is 0 Å². The van der Waals surface area contributed by atoms with E-state index in [9.17, 15) is 4.79 Å². The van der Waals surface area contributed by atoms with Crippen molar-refractivity contribution in [3.8, 4) is 12.1 Å². The maximum Gasteiger partial charge on any atom is 0.225 e. The fourth-order valence-electron chi connectivity index (χ4n) is 3.36. The molecule has 1 aromatic rings. The third-order valence-electron chi connectivity index (χ3n) is 5.07. The summed E-state index contributed by atoms with van der Waals surface area (Å²) >= 11 is 0. The van der Waals surface area contributed by atoms with Crippen molar-refractivity contribution >= 4 is 11.6 Å². The number of hydrogen-bond acceptors (Lipinski definition) is 4. The van der Waals surface area contributed by atoms with Crippen molar-refractivity contribution in [2.24, 2.45) is 5.92 Å². The topological polar surface area (TPSA) is 79.9 Å². The molecule has 5 nitrogen and oxygen atoms in total. The number of allylic oxidation sites excluding steroid dienone is 1. The number of carbonyl (C=O) groups excluding carboxylic acids is 1. The molecule has 0 bridgehead atoms. The Morgan fingerprint density at radius 1 is 1.20 bits per heavy atom. The van der Waals surface area contributed by atoms with Crippen molar-refractivity contribution < 1.29 is 4.79 Å². The van der Waals surface area contributed by atoms with Crippen LogP contribution in [0.2, 0.25) is 0 Å². The van der Waals surface area contributed by atoms with Gasteiger partial charge in [0.05, 0.1) is 0 Å².